The summed E-state index contributed by atoms with van der Waals surface area (Å²) in [6, 6.07) is 6.72. The molecule has 0 aliphatic heterocycles. The van der Waals surface area contributed by atoms with Gasteiger partial charge in [-0.25, -0.2) is 13.1 Å². The Morgan fingerprint density at radius 2 is 2.00 bits per heavy atom. The molecule has 0 radical (unpaired) electrons. The minimum atomic E-state index is -3.45. The summed E-state index contributed by atoms with van der Waals surface area (Å²) in [5, 5.41) is 11.7. The van der Waals surface area contributed by atoms with Crippen LogP contribution >= 0.6 is 0 Å². The van der Waals surface area contributed by atoms with Gasteiger partial charge in [0.2, 0.25) is 10.0 Å². The third kappa shape index (κ3) is 3.99. The Labute approximate surface area is 102 Å². The fourth-order valence-corrected chi connectivity index (χ4v) is 2.64. The first kappa shape index (κ1) is 14.0. The molecule has 5 nitrogen and oxygen atoms in total. The first-order chi connectivity index (χ1) is 8.11. The van der Waals surface area contributed by atoms with Crippen molar-refractivity contribution in [1.29, 1.82) is 0 Å². The van der Waals surface area contributed by atoms with E-state index in [-0.39, 0.29) is 11.5 Å². The SMILES string of the molecule is CCNS(=O)(=O)c1ccccc1NCCCO. The number of rotatable bonds is 7. The average Bonchev–Trinajstić information content (AvgIpc) is 2.30. The summed E-state index contributed by atoms with van der Waals surface area (Å²) < 4.78 is 26.2. The molecule has 0 heterocycles. The number of benzene rings is 1. The van der Waals surface area contributed by atoms with E-state index in [9.17, 15) is 8.42 Å². The number of sulfonamides is 1. The fraction of sp³-hybridized carbons (Fsp3) is 0.455. The van der Waals surface area contributed by atoms with Crippen LogP contribution in [-0.2, 0) is 10.0 Å². The number of para-hydroxylation sites is 1. The molecule has 0 saturated heterocycles. The molecule has 17 heavy (non-hydrogen) atoms. The van der Waals surface area contributed by atoms with Crippen LogP contribution in [-0.4, -0.2) is 33.2 Å². The summed E-state index contributed by atoms with van der Waals surface area (Å²) in [5.74, 6) is 0. The first-order valence-electron chi connectivity index (χ1n) is 5.55. The zero-order valence-electron chi connectivity index (χ0n) is 9.81. The standard InChI is InChI=1S/C11H18N2O3S/c1-2-13-17(15,16)11-7-4-3-6-10(11)12-8-5-9-14/h3-4,6-7,12-14H,2,5,8-9H2,1H3. The van der Waals surface area contributed by atoms with Crippen molar-refractivity contribution in [3.63, 3.8) is 0 Å². The van der Waals surface area contributed by atoms with E-state index in [0.29, 0.717) is 25.2 Å². The number of aliphatic hydroxyl groups is 1. The zero-order chi connectivity index (χ0) is 12.7. The third-order valence-corrected chi connectivity index (χ3v) is 3.77. The maximum atomic E-state index is 11.9. The van der Waals surface area contributed by atoms with E-state index in [0.717, 1.165) is 0 Å². The molecule has 0 atom stereocenters. The van der Waals surface area contributed by atoms with Crippen LogP contribution in [0.2, 0.25) is 0 Å². The maximum Gasteiger partial charge on any atom is 0.242 e. The van der Waals surface area contributed by atoms with E-state index in [1.807, 2.05) is 0 Å². The quantitative estimate of drug-likeness (QED) is 0.632. The summed E-state index contributed by atoms with van der Waals surface area (Å²) in [4.78, 5) is 0.236. The molecular formula is C11H18N2O3S. The lowest BCUT2D eigenvalue weighted by Gasteiger charge is -2.12. The summed E-state index contributed by atoms with van der Waals surface area (Å²) in [6.45, 7) is 2.71. The van der Waals surface area contributed by atoms with Gasteiger partial charge in [-0.2, -0.15) is 0 Å². The van der Waals surface area contributed by atoms with Gasteiger partial charge in [-0.05, 0) is 18.6 Å². The number of hydrogen-bond acceptors (Lipinski definition) is 4. The Balaban J connectivity index is 2.91. The van der Waals surface area contributed by atoms with Gasteiger partial charge in [0.25, 0.3) is 0 Å². The molecule has 0 unspecified atom stereocenters. The molecule has 1 aromatic rings. The largest absolute Gasteiger partial charge is 0.396 e. The molecule has 0 aliphatic rings. The lowest BCUT2D eigenvalue weighted by molar-refractivity contribution is 0.292. The second-order valence-corrected chi connectivity index (χ2v) is 5.24. The molecule has 6 heteroatoms. The smallest absolute Gasteiger partial charge is 0.242 e. The molecular weight excluding hydrogens is 240 g/mol. The summed E-state index contributed by atoms with van der Waals surface area (Å²) in [5.41, 5.74) is 0.557. The third-order valence-electron chi connectivity index (χ3n) is 2.16. The van der Waals surface area contributed by atoms with Gasteiger partial charge in [-0.15, -0.1) is 0 Å². The maximum absolute atomic E-state index is 11.9. The highest BCUT2D eigenvalue weighted by molar-refractivity contribution is 7.89. The Bertz CT molecular complexity index is 446. The molecule has 1 rings (SSSR count). The normalized spacial score (nSPS) is 11.4. The minimum absolute atomic E-state index is 0.0785. The summed E-state index contributed by atoms with van der Waals surface area (Å²) >= 11 is 0. The Morgan fingerprint density at radius 1 is 1.29 bits per heavy atom. The summed E-state index contributed by atoms with van der Waals surface area (Å²) in [7, 11) is -3.45. The first-order valence-corrected chi connectivity index (χ1v) is 7.03. The van der Waals surface area contributed by atoms with Crippen molar-refractivity contribution in [2.45, 2.75) is 18.2 Å². The number of aliphatic hydroxyl groups excluding tert-OH is 1. The van der Waals surface area contributed by atoms with E-state index in [1.165, 1.54) is 0 Å². The van der Waals surface area contributed by atoms with Crippen LogP contribution in [0.15, 0.2) is 29.2 Å². The van der Waals surface area contributed by atoms with Crippen molar-refractivity contribution >= 4 is 15.7 Å². The lowest BCUT2D eigenvalue weighted by Crippen LogP contribution is -2.24. The van der Waals surface area contributed by atoms with Gasteiger partial charge in [0.1, 0.15) is 4.90 Å². The monoisotopic (exact) mass is 258 g/mol. The number of anilines is 1. The van der Waals surface area contributed by atoms with Crippen LogP contribution in [0.4, 0.5) is 5.69 Å². The highest BCUT2D eigenvalue weighted by Crippen LogP contribution is 2.20. The highest BCUT2D eigenvalue weighted by Gasteiger charge is 2.16. The topological polar surface area (TPSA) is 78.4 Å². The zero-order valence-corrected chi connectivity index (χ0v) is 10.6. The molecule has 0 aliphatic carbocycles. The predicted octanol–water partition coefficient (Wildman–Crippen LogP) is 0.779. The van der Waals surface area contributed by atoms with Crippen LogP contribution in [0.5, 0.6) is 0 Å². The van der Waals surface area contributed by atoms with E-state index in [4.69, 9.17) is 5.11 Å². The molecule has 0 spiro atoms. The van der Waals surface area contributed by atoms with E-state index in [2.05, 4.69) is 10.0 Å². The predicted molar refractivity (Wildman–Crippen MR) is 67.5 cm³/mol. The Kier molecular flexibility index (Phi) is 5.40. The van der Waals surface area contributed by atoms with Gasteiger partial charge in [0, 0.05) is 19.7 Å². The van der Waals surface area contributed by atoms with Crippen molar-refractivity contribution in [1.82, 2.24) is 4.72 Å². The number of nitrogens with one attached hydrogen (secondary N) is 2. The van der Waals surface area contributed by atoms with Crippen LogP contribution < -0.4 is 10.0 Å². The molecule has 1 aromatic carbocycles. The van der Waals surface area contributed by atoms with Gasteiger partial charge in [0.05, 0.1) is 5.69 Å². The second-order valence-electron chi connectivity index (χ2n) is 3.50. The van der Waals surface area contributed by atoms with Crippen molar-refractivity contribution in [3.8, 4) is 0 Å². The number of hydrogen-bond donors (Lipinski definition) is 3. The molecule has 3 N–H and O–H groups in total. The van der Waals surface area contributed by atoms with Crippen molar-refractivity contribution in [2.75, 3.05) is 25.0 Å². The van der Waals surface area contributed by atoms with Crippen LogP contribution in [0.1, 0.15) is 13.3 Å². The second kappa shape index (κ2) is 6.58. The van der Waals surface area contributed by atoms with Crippen LogP contribution in [0.25, 0.3) is 0 Å². The highest BCUT2D eigenvalue weighted by atomic mass is 32.2. The molecule has 96 valence electrons. The Morgan fingerprint density at radius 3 is 2.65 bits per heavy atom. The molecule has 0 saturated carbocycles. The van der Waals surface area contributed by atoms with E-state index < -0.39 is 10.0 Å². The lowest BCUT2D eigenvalue weighted by atomic mass is 10.3. The van der Waals surface area contributed by atoms with E-state index >= 15 is 0 Å². The molecule has 0 fully saturated rings. The van der Waals surface area contributed by atoms with Crippen LogP contribution in [0.3, 0.4) is 0 Å². The molecule has 0 bridgehead atoms. The van der Waals surface area contributed by atoms with Crippen molar-refractivity contribution < 1.29 is 13.5 Å². The van der Waals surface area contributed by atoms with Gasteiger partial charge < -0.3 is 10.4 Å². The van der Waals surface area contributed by atoms with E-state index in [1.54, 1.807) is 31.2 Å². The van der Waals surface area contributed by atoms with Gasteiger partial charge in [-0.3, -0.25) is 0 Å². The van der Waals surface area contributed by atoms with Crippen molar-refractivity contribution in [2.24, 2.45) is 0 Å². The fourth-order valence-electron chi connectivity index (χ4n) is 1.42. The minimum Gasteiger partial charge on any atom is -0.396 e. The van der Waals surface area contributed by atoms with Gasteiger partial charge in [0.15, 0.2) is 0 Å². The summed E-state index contributed by atoms with van der Waals surface area (Å²) in [6.07, 6.45) is 0.579. The van der Waals surface area contributed by atoms with Gasteiger partial charge in [-0.1, -0.05) is 19.1 Å². The van der Waals surface area contributed by atoms with Crippen molar-refractivity contribution in [3.05, 3.63) is 24.3 Å². The molecule has 0 amide bonds. The average molecular weight is 258 g/mol. The van der Waals surface area contributed by atoms with Crippen LogP contribution in [0, 0.1) is 0 Å². The molecule has 0 aromatic heterocycles. The van der Waals surface area contributed by atoms with Gasteiger partial charge >= 0.3 is 0 Å². The Hall–Kier alpha value is -1.11.